The lowest BCUT2D eigenvalue weighted by molar-refractivity contribution is 1.23. The van der Waals surface area contributed by atoms with Crippen molar-refractivity contribution in [2.24, 2.45) is 0 Å². The molecule has 0 fully saturated rings. The SMILES string of the molecule is Cc1cc(C)c(Nc2ncc(C)cc2Br)c(Cl)c1. The number of hydrogen-bond donors (Lipinski definition) is 1. The van der Waals surface area contributed by atoms with Gasteiger partial charge in [0.15, 0.2) is 0 Å². The van der Waals surface area contributed by atoms with Crippen molar-refractivity contribution in [2.75, 3.05) is 5.32 Å². The second kappa shape index (κ2) is 5.29. The smallest absolute Gasteiger partial charge is 0.144 e. The molecule has 0 saturated heterocycles. The maximum Gasteiger partial charge on any atom is 0.144 e. The van der Waals surface area contributed by atoms with Gasteiger partial charge in [0.05, 0.1) is 15.2 Å². The standard InChI is InChI=1S/C14H14BrClN2/c1-8-4-10(3)13(12(16)6-8)18-14-11(15)5-9(2)7-17-14/h4-7H,1-3H3,(H,17,18). The Bertz CT molecular complexity index is 573. The third-order valence-corrected chi connectivity index (χ3v) is 3.56. The fourth-order valence-electron chi connectivity index (χ4n) is 1.82. The van der Waals surface area contributed by atoms with E-state index in [-0.39, 0.29) is 0 Å². The van der Waals surface area contributed by atoms with Crippen LogP contribution in [-0.2, 0) is 0 Å². The van der Waals surface area contributed by atoms with E-state index in [9.17, 15) is 0 Å². The van der Waals surface area contributed by atoms with Crippen molar-refractivity contribution in [3.8, 4) is 0 Å². The molecule has 2 aromatic rings. The number of nitrogens with one attached hydrogen (secondary N) is 1. The lowest BCUT2D eigenvalue weighted by Gasteiger charge is -2.13. The zero-order valence-corrected chi connectivity index (χ0v) is 12.9. The van der Waals surface area contributed by atoms with Crippen molar-refractivity contribution >= 4 is 39.0 Å². The first-order valence-corrected chi connectivity index (χ1v) is 6.80. The Morgan fingerprint density at radius 1 is 1.11 bits per heavy atom. The van der Waals surface area contributed by atoms with Gasteiger partial charge < -0.3 is 5.32 Å². The summed E-state index contributed by atoms with van der Waals surface area (Å²) in [6.07, 6.45) is 1.82. The first-order valence-electron chi connectivity index (χ1n) is 5.63. The largest absolute Gasteiger partial charge is 0.338 e. The summed E-state index contributed by atoms with van der Waals surface area (Å²) in [5.74, 6) is 0.773. The molecule has 0 radical (unpaired) electrons. The Morgan fingerprint density at radius 2 is 1.83 bits per heavy atom. The van der Waals surface area contributed by atoms with Gasteiger partial charge >= 0.3 is 0 Å². The molecule has 1 aromatic carbocycles. The molecule has 0 bridgehead atoms. The minimum Gasteiger partial charge on any atom is -0.338 e. The summed E-state index contributed by atoms with van der Waals surface area (Å²) < 4.78 is 0.929. The lowest BCUT2D eigenvalue weighted by atomic mass is 10.1. The topological polar surface area (TPSA) is 24.9 Å². The molecule has 0 aliphatic rings. The van der Waals surface area contributed by atoms with Gasteiger partial charge in [-0.1, -0.05) is 17.7 Å². The predicted octanol–water partition coefficient (Wildman–Crippen LogP) is 5.17. The van der Waals surface area contributed by atoms with Crippen molar-refractivity contribution in [2.45, 2.75) is 20.8 Å². The average molecular weight is 326 g/mol. The van der Waals surface area contributed by atoms with Gasteiger partial charge in [0.1, 0.15) is 5.82 Å². The van der Waals surface area contributed by atoms with E-state index in [1.807, 2.05) is 39.1 Å². The van der Waals surface area contributed by atoms with E-state index in [1.165, 1.54) is 0 Å². The molecule has 0 amide bonds. The van der Waals surface area contributed by atoms with Crippen LogP contribution in [0.25, 0.3) is 0 Å². The quantitative estimate of drug-likeness (QED) is 0.824. The fraction of sp³-hybridized carbons (Fsp3) is 0.214. The first-order chi connectivity index (χ1) is 8.47. The number of aryl methyl sites for hydroxylation is 3. The number of rotatable bonds is 2. The van der Waals surface area contributed by atoms with Gasteiger partial charge in [-0.2, -0.15) is 0 Å². The summed E-state index contributed by atoms with van der Waals surface area (Å²) in [6, 6.07) is 6.06. The average Bonchev–Trinajstić information content (AvgIpc) is 2.25. The third kappa shape index (κ3) is 2.85. The molecule has 0 aliphatic carbocycles. The molecule has 2 rings (SSSR count). The Morgan fingerprint density at radius 3 is 2.44 bits per heavy atom. The Balaban J connectivity index is 2.40. The molecular formula is C14H14BrClN2. The molecule has 18 heavy (non-hydrogen) atoms. The van der Waals surface area contributed by atoms with Crippen LogP contribution in [-0.4, -0.2) is 4.98 Å². The first kappa shape index (κ1) is 13.4. The molecule has 4 heteroatoms. The molecule has 0 unspecified atom stereocenters. The molecule has 1 heterocycles. The lowest BCUT2D eigenvalue weighted by Crippen LogP contribution is -1.98. The van der Waals surface area contributed by atoms with E-state index in [1.54, 1.807) is 0 Å². The van der Waals surface area contributed by atoms with Crippen molar-refractivity contribution in [1.29, 1.82) is 0 Å². The maximum absolute atomic E-state index is 6.26. The van der Waals surface area contributed by atoms with Gasteiger partial charge in [0.25, 0.3) is 0 Å². The zero-order chi connectivity index (χ0) is 13.3. The van der Waals surface area contributed by atoms with Crippen molar-refractivity contribution in [3.05, 3.63) is 50.6 Å². The van der Waals surface area contributed by atoms with E-state index >= 15 is 0 Å². The summed E-state index contributed by atoms with van der Waals surface area (Å²) in [4.78, 5) is 4.36. The van der Waals surface area contributed by atoms with Gasteiger partial charge in [-0.15, -0.1) is 0 Å². The Labute approximate surface area is 121 Å². The van der Waals surface area contributed by atoms with Crippen LogP contribution in [0.4, 0.5) is 11.5 Å². The highest BCUT2D eigenvalue weighted by atomic mass is 79.9. The number of hydrogen-bond acceptors (Lipinski definition) is 2. The predicted molar refractivity (Wildman–Crippen MR) is 80.9 cm³/mol. The Hall–Kier alpha value is -1.06. The molecule has 2 nitrogen and oxygen atoms in total. The van der Waals surface area contributed by atoms with Gasteiger partial charge in [-0.25, -0.2) is 4.98 Å². The van der Waals surface area contributed by atoms with Gasteiger partial charge in [0.2, 0.25) is 0 Å². The van der Waals surface area contributed by atoms with E-state index in [0.717, 1.165) is 32.7 Å². The molecule has 1 N–H and O–H groups in total. The zero-order valence-electron chi connectivity index (χ0n) is 10.5. The van der Waals surface area contributed by atoms with Crippen LogP contribution in [0.2, 0.25) is 5.02 Å². The number of pyridine rings is 1. The summed E-state index contributed by atoms with van der Waals surface area (Å²) in [5.41, 5.74) is 4.27. The van der Waals surface area contributed by atoms with Gasteiger partial charge in [-0.3, -0.25) is 0 Å². The van der Waals surface area contributed by atoms with Crippen LogP contribution >= 0.6 is 27.5 Å². The van der Waals surface area contributed by atoms with Gasteiger partial charge in [-0.05, 0) is 65.5 Å². The van der Waals surface area contributed by atoms with E-state index in [2.05, 4.69) is 32.3 Å². The number of benzene rings is 1. The van der Waals surface area contributed by atoms with Crippen LogP contribution in [0.3, 0.4) is 0 Å². The van der Waals surface area contributed by atoms with Crippen LogP contribution in [0.5, 0.6) is 0 Å². The molecule has 0 atom stereocenters. The highest BCUT2D eigenvalue weighted by molar-refractivity contribution is 9.10. The summed E-state index contributed by atoms with van der Waals surface area (Å²) in [7, 11) is 0. The van der Waals surface area contributed by atoms with Crippen molar-refractivity contribution in [1.82, 2.24) is 4.98 Å². The number of nitrogens with zero attached hydrogens (tertiary/aromatic N) is 1. The molecule has 0 spiro atoms. The number of aromatic nitrogens is 1. The normalized spacial score (nSPS) is 10.5. The van der Waals surface area contributed by atoms with Crippen molar-refractivity contribution < 1.29 is 0 Å². The van der Waals surface area contributed by atoms with E-state index < -0.39 is 0 Å². The van der Waals surface area contributed by atoms with E-state index in [0.29, 0.717) is 5.02 Å². The summed E-state index contributed by atoms with van der Waals surface area (Å²) in [5, 5.41) is 3.98. The van der Waals surface area contributed by atoms with Crippen LogP contribution in [0, 0.1) is 20.8 Å². The van der Waals surface area contributed by atoms with Gasteiger partial charge in [0, 0.05) is 6.20 Å². The number of halogens is 2. The maximum atomic E-state index is 6.26. The van der Waals surface area contributed by atoms with Crippen LogP contribution < -0.4 is 5.32 Å². The van der Waals surface area contributed by atoms with Crippen LogP contribution in [0.15, 0.2) is 28.9 Å². The minimum atomic E-state index is 0.710. The Kier molecular flexibility index (Phi) is 3.93. The molecular weight excluding hydrogens is 312 g/mol. The molecule has 94 valence electrons. The molecule has 1 aromatic heterocycles. The minimum absolute atomic E-state index is 0.710. The van der Waals surface area contributed by atoms with E-state index in [4.69, 9.17) is 11.6 Å². The summed E-state index contributed by atoms with van der Waals surface area (Å²) in [6.45, 7) is 6.07. The second-order valence-electron chi connectivity index (χ2n) is 4.41. The third-order valence-electron chi connectivity index (χ3n) is 2.65. The summed E-state index contributed by atoms with van der Waals surface area (Å²) >= 11 is 9.76. The number of anilines is 2. The monoisotopic (exact) mass is 324 g/mol. The fourth-order valence-corrected chi connectivity index (χ4v) is 2.75. The van der Waals surface area contributed by atoms with Crippen LogP contribution in [0.1, 0.15) is 16.7 Å². The highest BCUT2D eigenvalue weighted by Gasteiger charge is 2.08. The van der Waals surface area contributed by atoms with Crippen molar-refractivity contribution in [3.63, 3.8) is 0 Å². The highest BCUT2D eigenvalue weighted by Crippen LogP contribution is 2.32. The molecule has 0 saturated carbocycles. The second-order valence-corrected chi connectivity index (χ2v) is 5.67. The molecule has 0 aliphatic heterocycles.